The molecule has 3 rings (SSSR count). The van der Waals surface area contributed by atoms with E-state index in [0.717, 1.165) is 29.9 Å². The van der Waals surface area contributed by atoms with E-state index in [1.165, 1.54) is 6.42 Å². The molecule has 3 nitrogen and oxygen atoms in total. The third kappa shape index (κ3) is 2.11. The second-order valence-corrected chi connectivity index (χ2v) is 7.08. The quantitative estimate of drug-likeness (QED) is 0.889. The minimum atomic E-state index is -0.0481. The monoisotopic (exact) mass is 249 g/mol. The second-order valence-electron chi connectivity index (χ2n) is 6.21. The summed E-state index contributed by atoms with van der Waals surface area (Å²) in [6, 6.07) is 0. The molecule has 1 aliphatic carbocycles. The molecule has 1 aliphatic rings. The fraction of sp³-hybridized carbons (Fsp3) is 0.615. The molecule has 1 atom stereocenters. The van der Waals surface area contributed by atoms with Crippen molar-refractivity contribution >= 4 is 16.3 Å². The van der Waals surface area contributed by atoms with Crippen LogP contribution in [0.15, 0.2) is 17.8 Å². The predicted molar refractivity (Wildman–Crippen MR) is 71.3 cm³/mol. The predicted octanol–water partition coefficient (Wildman–Crippen LogP) is 2.85. The maximum absolute atomic E-state index is 6.51. The van der Waals surface area contributed by atoms with E-state index in [-0.39, 0.29) is 5.54 Å². The SMILES string of the molecule is CC1(C)CCC(N)(Cc2cn3ccsc3n2)C1. The summed E-state index contributed by atoms with van der Waals surface area (Å²) in [6.07, 6.45) is 8.52. The molecule has 0 aromatic carbocycles. The maximum Gasteiger partial charge on any atom is 0.193 e. The van der Waals surface area contributed by atoms with Crippen molar-refractivity contribution in [1.82, 2.24) is 9.38 Å². The van der Waals surface area contributed by atoms with Crippen LogP contribution in [0, 0.1) is 5.41 Å². The number of nitrogens with zero attached hydrogens (tertiary/aromatic N) is 2. The van der Waals surface area contributed by atoms with E-state index in [9.17, 15) is 0 Å². The van der Waals surface area contributed by atoms with Gasteiger partial charge in [-0.15, -0.1) is 11.3 Å². The lowest BCUT2D eigenvalue weighted by Gasteiger charge is -2.25. The molecule has 0 aliphatic heterocycles. The molecule has 2 N–H and O–H groups in total. The molecule has 2 aromatic heterocycles. The van der Waals surface area contributed by atoms with Crippen molar-refractivity contribution in [3.63, 3.8) is 0 Å². The molecular formula is C13H19N3S. The number of imidazole rings is 1. The average Bonchev–Trinajstić information content (AvgIpc) is 2.79. The number of thiazole rings is 1. The molecular weight excluding hydrogens is 230 g/mol. The minimum Gasteiger partial charge on any atom is -0.325 e. The summed E-state index contributed by atoms with van der Waals surface area (Å²) < 4.78 is 2.09. The van der Waals surface area contributed by atoms with Crippen LogP contribution in [-0.2, 0) is 6.42 Å². The third-order valence-corrected chi connectivity index (χ3v) is 4.58. The van der Waals surface area contributed by atoms with Gasteiger partial charge in [0.25, 0.3) is 0 Å². The number of rotatable bonds is 2. The Morgan fingerprint density at radius 1 is 1.47 bits per heavy atom. The highest BCUT2D eigenvalue weighted by atomic mass is 32.1. The Kier molecular flexibility index (Phi) is 2.35. The molecule has 2 aromatic rings. The lowest BCUT2D eigenvalue weighted by molar-refractivity contribution is 0.333. The Labute approximate surface area is 106 Å². The molecule has 0 radical (unpaired) electrons. The summed E-state index contributed by atoms with van der Waals surface area (Å²) in [6.45, 7) is 4.63. The van der Waals surface area contributed by atoms with Crippen molar-refractivity contribution < 1.29 is 0 Å². The first-order valence-corrected chi connectivity index (χ1v) is 7.04. The molecule has 0 amide bonds. The number of aromatic nitrogens is 2. The fourth-order valence-electron chi connectivity index (χ4n) is 3.09. The van der Waals surface area contributed by atoms with Crippen LogP contribution < -0.4 is 5.73 Å². The smallest absolute Gasteiger partial charge is 0.193 e. The van der Waals surface area contributed by atoms with Crippen LogP contribution in [0.1, 0.15) is 38.8 Å². The normalized spacial score (nSPS) is 27.9. The highest BCUT2D eigenvalue weighted by Crippen LogP contribution is 2.43. The van der Waals surface area contributed by atoms with Gasteiger partial charge < -0.3 is 5.73 Å². The lowest BCUT2D eigenvalue weighted by atomic mass is 9.86. The largest absolute Gasteiger partial charge is 0.325 e. The summed E-state index contributed by atoms with van der Waals surface area (Å²) in [5.74, 6) is 0. The van der Waals surface area contributed by atoms with E-state index in [2.05, 4.69) is 41.0 Å². The molecule has 92 valence electrons. The second kappa shape index (κ2) is 3.56. The van der Waals surface area contributed by atoms with E-state index < -0.39 is 0 Å². The Balaban J connectivity index is 1.81. The van der Waals surface area contributed by atoms with Gasteiger partial charge in [-0.25, -0.2) is 4.98 Å². The Bertz CT molecular complexity index is 511. The summed E-state index contributed by atoms with van der Waals surface area (Å²) in [5, 5.41) is 2.06. The Morgan fingerprint density at radius 3 is 2.94 bits per heavy atom. The van der Waals surface area contributed by atoms with Crippen LogP contribution in [0.5, 0.6) is 0 Å². The molecule has 1 fully saturated rings. The summed E-state index contributed by atoms with van der Waals surface area (Å²) in [7, 11) is 0. The van der Waals surface area contributed by atoms with E-state index in [4.69, 9.17) is 5.73 Å². The van der Waals surface area contributed by atoms with Crippen molar-refractivity contribution in [3.8, 4) is 0 Å². The van der Waals surface area contributed by atoms with E-state index in [1.807, 2.05) is 0 Å². The van der Waals surface area contributed by atoms with Crippen molar-refractivity contribution in [1.29, 1.82) is 0 Å². The maximum atomic E-state index is 6.51. The molecule has 0 spiro atoms. The summed E-state index contributed by atoms with van der Waals surface area (Å²) in [4.78, 5) is 5.70. The van der Waals surface area contributed by atoms with Crippen LogP contribution in [-0.4, -0.2) is 14.9 Å². The minimum absolute atomic E-state index is 0.0481. The third-order valence-electron chi connectivity index (χ3n) is 3.81. The van der Waals surface area contributed by atoms with Crippen molar-refractivity contribution in [3.05, 3.63) is 23.5 Å². The van der Waals surface area contributed by atoms with Gasteiger partial charge in [-0.3, -0.25) is 4.40 Å². The number of hydrogen-bond acceptors (Lipinski definition) is 3. The molecule has 2 heterocycles. The van der Waals surface area contributed by atoms with Gasteiger partial charge in [-0.05, 0) is 24.7 Å². The first-order valence-electron chi connectivity index (χ1n) is 6.16. The molecule has 17 heavy (non-hydrogen) atoms. The highest BCUT2D eigenvalue weighted by Gasteiger charge is 2.40. The zero-order valence-corrected chi connectivity index (χ0v) is 11.3. The first kappa shape index (κ1) is 11.2. The number of hydrogen-bond donors (Lipinski definition) is 1. The Morgan fingerprint density at radius 2 is 2.29 bits per heavy atom. The van der Waals surface area contributed by atoms with Crippen molar-refractivity contribution in [2.45, 2.75) is 45.1 Å². The lowest BCUT2D eigenvalue weighted by Crippen LogP contribution is -2.40. The zero-order valence-electron chi connectivity index (χ0n) is 10.4. The van der Waals surface area contributed by atoms with Gasteiger partial charge >= 0.3 is 0 Å². The first-order chi connectivity index (χ1) is 7.96. The summed E-state index contributed by atoms with van der Waals surface area (Å²) >= 11 is 1.68. The van der Waals surface area contributed by atoms with E-state index in [0.29, 0.717) is 5.41 Å². The van der Waals surface area contributed by atoms with Crippen LogP contribution in [0.4, 0.5) is 0 Å². The Hall–Kier alpha value is -0.870. The molecule has 1 unspecified atom stereocenters. The highest BCUT2D eigenvalue weighted by molar-refractivity contribution is 7.15. The van der Waals surface area contributed by atoms with Gasteiger partial charge in [0, 0.05) is 29.7 Å². The van der Waals surface area contributed by atoms with Crippen LogP contribution in [0.25, 0.3) is 4.96 Å². The molecule has 0 saturated heterocycles. The molecule has 0 bridgehead atoms. The van der Waals surface area contributed by atoms with Crippen molar-refractivity contribution in [2.24, 2.45) is 11.1 Å². The van der Waals surface area contributed by atoms with Crippen LogP contribution >= 0.6 is 11.3 Å². The standard InChI is InChI=1S/C13H19N3S/c1-12(2)3-4-13(14,9-12)7-10-8-16-5-6-17-11(16)15-10/h5-6,8H,3-4,7,9,14H2,1-2H3. The van der Waals surface area contributed by atoms with Crippen LogP contribution in [0.3, 0.4) is 0 Å². The topological polar surface area (TPSA) is 43.3 Å². The fourth-order valence-corrected chi connectivity index (χ4v) is 3.81. The van der Waals surface area contributed by atoms with Gasteiger partial charge in [-0.2, -0.15) is 0 Å². The van der Waals surface area contributed by atoms with Gasteiger partial charge in [0.15, 0.2) is 4.96 Å². The van der Waals surface area contributed by atoms with E-state index >= 15 is 0 Å². The van der Waals surface area contributed by atoms with Crippen LogP contribution in [0.2, 0.25) is 0 Å². The van der Waals surface area contributed by atoms with Gasteiger partial charge in [-0.1, -0.05) is 13.8 Å². The zero-order chi connectivity index (χ0) is 12.1. The average molecular weight is 249 g/mol. The number of nitrogens with two attached hydrogens (primary N) is 1. The number of fused-ring (bicyclic) bond motifs is 1. The molecule has 4 heteroatoms. The summed E-state index contributed by atoms with van der Waals surface area (Å²) in [5.41, 5.74) is 7.99. The van der Waals surface area contributed by atoms with Gasteiger partial charge in [0.1, 0.15) is 0 Å². The molecule has 1 saturated carbocycles. The van der Waals surface area contributed by atoms with Gasteiger partial charge in [0.2, 0.25) is 0 Å². The van der Waals surface area contributed by atoms with E-state index in [1.54, 1.807) is 11.3 Å². The van der Waals surface area contributed by atoms with Gasteiger partial charge in [0.05, 0.1) is 5.69 Å². The van der Waals surface area contributed by atoms with Crippen molar-refractivity contribution in [2.75, 3.05) is 0 Å².